The first-order valence-corrected chi connectivity index (χ1v) is 22.1. The van der Waals surface area contributed by atoms with Crippen LogP contribution in [0.4, 0.5) is 37.6 Å². The van der Waals surface area contributed by atoms with E-state index in [4.69, 9.17) is 26.4 Å². The van der Waals surface area contributed by atoms with Gasteiger partial charge < -0.3 is 34.8 Å². The zero-order chi connectivity index (χ0) is 43.7. The lowest BCUT2D eigenvalue weighted by molar-refractivity contribution is -0.134. The minimum atomic E-state index is -3.15. The Balaban J connectivity index is 0.803. The normalized spacial score (nSPS) is 23.3. The predicted octanol–water partition coefficient (Wildman–Crippen LogP) is 4.75. The van der Waals surface area contributed by atoms with Crippen molar-refractivity contribution in [3.63, 3.8) is 0 Å². The second-order valence-electron chi connectivity index (χ2n) is 17.7. The van der Waals surface area contributed by atoms with Gasteiger partial charge in [0.25, 0.3) is 5.56 Å². The average Bonchev–Trinajstić information content (AvgIpc) is 4.08. The van der Waals surface area contributed by atoms with Gasteiger partial charge in [0.05, 0.1) is 58.9 Å². The second kappa shape index (κ2) is 16.2. The molecule has 1 saturated carbocycles. The van der Waals surface area contributed by atoms with Crippen molar-refractivity contribution in [2.45, 2.75) is 62.4 Å². The Morgan fingerprint density at radius 2 is 1.83 bits per heavy atom. The van der Waals surface area contributed by atoms with E-state index < -0.39 is 30.0 Å². The molecule has 63 heavy (non-hydrogen) atoms. The maximum Gasteiger partial charge on any atom is 0.301 e. The maximum atomic E-state index is 15.2. The van der Waals surface area contributed by atoms with Crippen molar-refractivity contribution in [1.29, 1.82) is 0 Å². The van der Waals surface area contributed by atoms with Crippen LogP contribution in [0.1, 0.15) is 50.1 Å². The fourth-order valence-electron chi connectivity index (χ4n) is 10.0. The van der Waals surface area contributed by atoms with Crippen LogP contribution in [0.25, 0.3) is 21.8 Å². The largest absolute Gasteiger partial charge is 0.480 e. The maximum absolute atomic E-state index is 15.2. The van der Waals surface area contributed by atoms with Crippen LogP contribution < -0.4 is 36.0 Å². The molecule has 0 bridgehead atoms. The van der Waals surface area contributed by atoms with Crippen molar-refractivity contribution in [3.05, 3.63) is 63.7 Å². The fourth-order valence-corrected chi connectivity index (χ4v) is 10.2. The number of aryl methyl sites for hydroxylation is 2. The summed E-state index contributed by atoms with van der Waals surface area (Å²) in [5, 5.41) is 25.9. The highest BCUT2D eigenvalue weighted by Crippen LogP contribution is 2.46. The Bertz CT molecular complexity index is 2680. The van der Waals surface area contributed by atoms with Crippen LogP contribution in [0.3, 0.4) is 0 Å². The van der Waals surface area contributed by atoms with Crippen molar-refractivity contribution in [2.75, 3.05) is 72.9 Å². The Kier molecular flexibility index (Phi) is 10.6. The number of hydrogen-bond acceptors (Lipinski definition) is 13. The number of carbonyl (C=O) groups is 2. The third kappa shape index (κ3) is 7.69. The minimum Gasteiger partial charge on any atom is -0.480 e. The van der Waals surface area contributed by atoms with Crippen LogP contribution in [0.15, 0.2) is 47.4 Å². The van der Waals surface area contributed by atoms with Gasteiger partial charge in [-0.15, -0.1) is 0 Å². The number of hydrogen-bond donors (Lipinski definition) is 4. The minimum absolute atomic E-state index is 0.0936. The molecule has 10 rings (SSSR count). The van der Waals surface area contributed by atoms with Crippen molar-refractivity contribution in [3.8, 4) is 5.75 Å². The second-order valence-corrected chi connectivity index (χ2v) is 18.1. The van der Waals surface area contributed by atoms with Gasteiger partial charge in [-0.3, -0.25) is 29.3 Å². The molecule has 1 aliphatic carbocycles. The van der Waals surface area contributed by atoms with E-state index in [1.807, 2.05) is 28.8 Å². The number of amides is 2. The number of para-hydroxylation sites is 1. The number of fused-ring (bicyclic) bond motifs is 4. The van der Waals surface area contributed by atoms with Crippen LogP contribution in [-0.2, 0) is 23.7 Å². The van der Waals surface area contributed by atoms with E-state index in [1.54, 1.807) is 25.2 Å². The summed E-state index contributed by atoms with van der Waals surface area (Å²) >= 11 is 6.65. The predicted molar refractivity (Wildman–Crippen MR) is 236 cm³/mol. The Hall–Kier alpha value is -5.59. The Morgan fingerprint density at radius 1 is 1.02 bits per heavy atom. The van der Waals surface area contributed by atoms with Gasteiger partial charge in [-0.25, -0.2) is 13.8 Å². The van der Waals surface area contributed by atoms with Crippen molar-refractivity contribution >= 4 is 74.0 Å². The molecule has 2 aromatic carbocycles. The van der Waals surface area contributed by atoms with Gasteiger partial charge >= 0.3 is 5.92 Å². The quantitative estimate of drug-likeness (QED) is 0.150. The molecule has 332 valence electrons. The first kappa shape index (κ1) is 41.4. The Morgan fingerprint density at radius 3 is 2.59 bits per heavy atom. The lowest BCUT2D eigenvalue weighted by Crippen LogP contribution is -2.56. The van der Waals surface area contributed by atoms with E-state index in [2.05, 4.69) is 36.8 Å². The summed E-state index contributed by atoms with van der Waals surface area (Å²) in [4.78, 5) is 54.0. The number of piperidine rings is 2. The number of anilines is 5. The molecule has 3 atom stereocenters. The zero-order valence-electron chi connectivity index (χ0n) is 35.1. The number of aliphatic hydroxyl groups excluding tert-OH is 1. The van der Waals surface area contributed by atoms with E-state index in [0.717, 1.165) is 55.6 Å². The molecule has 4 aliphatic heterocycles. The molecular formula is C44H50ClF2N11O5. The van der Waals surface area contributed by atoms with Gasteiger partial charge in [-0.2, -0.15) is 10.1 Å². The van der Waals surface area contributed by atoms with E-state index in [-0.39, 0.29) is 46.8 Å². The molecule has 0 spiro atoms. The highest BCUT2D eigenvalue weighted by atomic mass is 35.5. The van der Waals surface area contributed by atoms with E-state index >= 15 is 8.78 Å². The van der Waals surface area contributed by atoms with Gasteiger partial charge in [-0.1, -0.05) is 23.7 Å². The fraction of sp³-hybridized carbons (Fsp3) is 0.500. The topological polar surface area (TPSA) is 175 Å². The molecule has 0 radical (unpaired) electrons. The molecule has 1 unspecified atom stereocenters. The molecule has 7 heterocycles. The molecule has 3 aromatic heterocycles. The molecule has 2 amide bonds. The van der Waals surface area contributed by atoms with Gasteiger partial charge in [-0.05, 0) is 68.2 Å². The van der Waals surface area contributed by atoms with E-state index in [9.17, 15) is 19.5 Å². The first-order valence-electron chi connectivity index (χ1n) is 21.7. The summed E-state index contributed by atoms with van der Waals surface area (Å²) in [5.41, 5.74) is 3.66. The Labute approximate surface area is 366 Å². The van der Waals surface area contributed by atoms with Crippen LogP contribution in [0.5, 0.6) is 5.75 Å². The number of pyridine rings is 1. The number of halogens is 3. The molecule has 16 nitrogen and oxygen atoms in total. The van der Waals surface area contributed by atoms with Crippen molar-refractivity contribution < 1.29 is 28.2 Å². The van der Waals surface area contributed by atoms with Crippen LogP contribution in [0.2, 0.25) is 5.02 Å². The number of nitrogens with one attached hydrogen (secondary N) is 3. The highest BCUT2D eigenvalue weighted by Gasteiger charge is 2.51. The molecule has 4 N–H and O–H groups in total. The molecular weight excluding hydrogens is 836 g/mol. The van der Waals surface area contributed by atoms with E-state index in [0.29, 0.717) is 78.7 Å². The third-order valence-corrected chi connectivity index (χ3v) is 13.8. The summed E-state index contributed by atoms with van der Waals surface area (Å²) in [6.45, 7) is 3.66. The van der Waals surface area contributed by atoms with Crippen molar-refractivity contribution in [1.82, 2.24) is 34.5 Å². The zero-order valence-corrected chi connectivity index (χ0v) is 35.9. The standard InChI is InChI=1S/C44H50ClF2N11O5/c1-54-32-10-8-26(18-30(32)36-38(42(54)62)63-23-44(46,47)39(51-36)25-6-7-25)49-40-31(45)19-48-43(52-40)58-17-16-56(21-27(58)22-59)20-24-12-14-57(15-13-24)33-5-3-4-28-35(53-55(2)37(28)33)29-9-11-34(60)50-41(29)61/h3-5,8,10,18-19,24-25,27,29,39,51,59H,6-7,9,11-17,20-23H2,1-2H3,(H,48,49,52)(H,50,60,61)/t27-,29?,39+/m1/s1. The average molecular weight is 886 g/mol. The van der Waals surface area contributed by atoms with Gasteiger partial charge in [0.15, 0.2) is 12.4 Å². The number of benzene rings is 2. The molecule has 5 aromatic rings. The van der Waals surface area contributed by atoms with Gasteiger partial charge in [0.2, 0.25) is 23.5 Å². The summed E-state index contributed by atoms with van der Waals surface area (Å²) in [6.07, 6.45) is 5.64. The molecule has 19 heteroatoms. The summed E-state index contributed by atoms with van der Waals surface area (Å²) in [5.74, 6) is -3.25. The first-order chi connectivity index (χ1) is 30.4. The van der Waals surface area contributed by atoms with Crippen LogP contribution >= 0.6 is 11.6 Å². The number of aromatic nitrogens is 5. The number of carbonyl (C=O) groups excluding carboxylic acids is 2. The molecule has 5 aliphatic rings. The third-order valence-electron chi connectivity index (χ3n) is 13.6. The van der Waals surface area contributed by atoms with Gasteiger partial charge in [0.1, 0.15) is 5.02 Å². The van der Waals surface area contributed by atoms with Crippen LogP contribution in [-0.4, -0.2) is 117 Å². The number of rotatable bonds is 9. The summed E-state index contributed by atoms with van der Waals surface area (Å²) < 4.78 is 39.2. The molecule has 4 fully saturated rings. The smallest absolute Gasteiger partial charge is 0.301 e. The number of ether oxygens (including phenoxy) is 1. The molecule has 3 saturated heterocycles. The summed E-state index contributed by atoms with van der Waals surface area (Å²) in [6, 6.07) is 10.0. The van der Waals surface area contributed by atoms with Gasteiger partial charge in [0, 0.05) is 76.2 Å². The van der Waals surface area contributed by atoms with E-state index in [1.165, 1.54) is 10.8 Å². The number of nitrogens with zero attached hydrogens (tertiary/aromatic N) is 8. The SMILES string of the molecule is Cn1nc(C2CCC(=O)NC2=O)c2cccc(N3CCC(CN4CCN(c5ncc(Cl)c(Nc6ccc7c(c6)c6c(c(=O)n7C)OCC(F)(F)[C@H](C7CC7)N6)n5)[C@@H](CO)C4)CC3)c21. The van der Waals surface area contributed by atoms with Crippen molar-refractivity contribution in [2.24, 2.45) is 25.9 Å². The van der Waals surface area contributed by atoms with Crippen LogP contribution in [0, 0.1) is 11.8 Å². The number of aliphatic hydroxyl groups is 1. The summed E-state index contributed by atoms with van der Waals surface area (Å²) in [7, 11) is 3.50. The lowest BCUT2D eigenvalue weighted by atomic mass is 9.92. The number of piperazine rings is 1. The highest BCUT2D eigenvalue weighted by molar-refractivity contribution is 6.33. The number of imide groups is 1. The monoisotopic (exact) mass is 885 g/mol. The number of alkyl halides is 2. The lowest BCUT2D eigenvalue weighted by Gasteiger charge is -2.43.